The van der Waals surface area contributed by atoms with Gasteiger partial charge in [0.2, 0.25) is 0 Å². The van der Waals surface area contributed by atoms with Gasteiger partial charge in [-0.15, -0.1) is 11.3 Å². The third-order valence-corrected chi connectivity index (χ3v) is 6.54. The minimum Gasteiger partial charge on any atom is -0.380 e. The molecule has 23 heavy (non-hydrogen) atoms. The first-order chi connectivity index (χ1) is 11.1. The van der Waals surface area contributed by atoms with Crippen LogP contribution in [0.25, 0.3) is 11.6 Å². The van der Waals surface area contributed by atoms with Gasteiger partial charge >= 0.3 is 0 Å². The van der Waals surface area contributed by atoms with Crippen molar-refractivity contribution in [2.45, 2.75) is 25.4 Å². The van der Waals surface area contributed by atoms with E-state index in [9.17, 15) is 5.11 Å². The van der Waals surface area contributed by atoms with Gasteiger partial charge in [0.1, 0.15) is 5.60 Å². The zero-order valence-electron chi connectivity index (χ0n) is 13.7. The molecule has 2 aliphatic rings. The average molecular weight is 325 g/mol. The summed E-state index contributed by atoms with van der Waals surface area (Å²) in [5.41, 5.74) is 3.73. The third kappa shape index (κ3) is 2.30. The predicted molar refractivity (Wildman–Crippen MR) is 97.5 cm³/mol. The quantitative estimate of drug-likeness (QED) is 0.849. The Balaban J connectivity index is 1.92. The summed E-state index contributed by atoms with van der Waals surface area (Å²) in [6.45, 7) is 4.27. The molecule has 1 atom stereocenters. The summed E-state index contributed by atoms with van der Waals surface area (Å²) >= 11 is 1.75. The Morgan fingerprint density at radius 2 is 1.87 bits per heavy atom. The van der Waals surface area contributed by atoms with Crippen LogP contribution in [0.1, 0.15) is 41.3 Å². The lowest BCUT2D eigenvalue weighted by Crippen LogP contribution is -2.43. The Hall–Kier alpha value is -1.42. The molecule has 1 saturated heterocycles. The second kappa shape index (κ2) is 5.59. The standard InChI is InChI=1S/C20H23NOS/c1-14-13-15-5-3-4-6-17(15)20(22,18-9-12-23-19(14)18)16-7-10-21(2)11-8-16/h3-6,9,12-13,16,22H,7-8,10-11H2,1-2H3. The Labute approximate surface area is 142 Å². The molecule has 1 N–H and O–H groups in total. The molecule has 0 spiro atoms. The van der Waals surface area contributed by atoms with E-state index in [2.05, 4.69) is 60.7 Å². The number of hydrogen-bond acceptors (Lipinski definition) is 3. The van der Waals surface area contributed by atoms with E-state index in [1.54, 1.807) is 11.3 Å². The van der Waals surface area contributed by atoms with Crippen LogP contribution in [0.15, 0.2) is 35.7 Å². The van der Waals surface area contributed by atoms with E-state index >= 15 is 0 Å². The van der Waals surface area contributed by atoms with E-state index in [-0.39, 0.29) is 5.92 Å². The Kier molecular flexibility index (Phi) is 3.67. The summed E-state index contributed by atoms with van der Waals surface area (Å²) in [5.74, 6) is 0.271. The molecule has 0 saturated carbocycles. The Bertz CT molecular complexity index is 755. The highest BCUT2D eigenvalue weighted by Crippen LogP contribution is 2.49. The van der Waals surface area contributed by atoms with Crippen LogP contribution in [0.5, 0.6) is 0 Å². The molecule has 0 radical (unpaired) electrons. The summed E-state index contributed by atoms with van der Waals surface area (Å²) in [6.07, 6.45) is 4.31. The monoisotopic (exact) mass is 325 g/mol. The number of fused-ring (bicyclic) bond motifs is 2. The number of rotatable bonds is 1. The van der Waals surface area contributed by atoms with E-state index in [1.807, 2.05) is 0 Å². The van der Waals surface area contributed by atoms with Gasteiger partial charge in [-0.1, -0.05) is 30.3 Å². The molecule has 1 unspecified atom stereocenters. The molecule has 1 fully saturated rings. The van der Waals surface area contributed by atoms with E-state index in [0.29, 0.717) is 0 Å². The van der Waals surface area contributed by atoms with Crippen molar-refractivity contribution >= 4 is 23.0 Å². The number of aliphatic hydroxyl groups is 1. The molecule has 1 aromatic heterocycles. The number of piperidine rings is 1. The van der Waals surface area contributed by atoms with Crippen LogP contribution >= 0.6 is 11.3 Å². The number of hydrogen-bond donors (Lipinski definition) is 1. The smallest absolute Gasteiger partial charge is 0.119 e. The summed E-state index contributed by atoms with van der Waals surface area (Å²) in [5, 5.41) is 14.1. The topological polar surface area (TPSA) is 23.5 Å². The number of nitrogens with zero attached hydrogens (tertiary/aromatic N) is 1. The van der Waals surface area contributed by atoms with Crippen molar-refractivity contribution in [3.8, 4) is 0 Å². The zero-order valence-corrected chi connectivity index (χ0v) is 14.6. The molecule has 1 aliphatic carbocycles. The molecule has 2 aromatic rings. The molecule has 3 heteroatoms. The number of allylic oxidation sites excluding steroid dienone is 1. The lowest BCUT2D eigenvalue weighted by molar-refractivity contribution is -0.0107. The highest BCUT2D eigenvalue weighted by molar-refractivity contribution is 7.11. The third-order valence-electron chi connectivity index (χ3n) is 5.49. The summed E-state index contributed by atoms with van der Waals surface area (Å²) < 4.78 is 0. The largest absolute Gasteiger partial charge is 0.380 e. The predicted octanol–water partition coefficient (Wildman–Crippen LogP) is 4.20. The zero-order chi connectivity index (χ0) is 16.0. The maximum absolute atomic E-state index is 12.0. The SMILES string of the molecule is CC1=Cc2ccccc2C(O)(C2CCN(C)CC2)c2ccsc21. The molecule has 120 valence electrons. The highest BCUT2D eigenvalue weighted by atomic mass is 32.1. The van der Waals surface area contributed by atoms with Gasteiger partial charge in [-0.2, -0.15) is 0 Å². The van der Waals surface area contributed by atoms with Crippen LogP contribution in [-0.2, 0) is 5.60 Å². The normalized spacial score (nSPS) is 25.4. The average Bonchev–Trinajstić information content (AvgIpc) is 3.02. The molecule has 4 rings (SSSR count). The number of likely N-dealkylation sites (tertiary alicyclic amines) is 1. The van der Waals surface area contributed by atoms with E-state index in [4.69, 9.17) is 0 Å². The molecular formula is C20H23NOS. The molecule has 0 bridgehead atoms. The molecular weight excluding hydrogens is 302 g/mol. The van der Waals surface area contributed by atoms with Gasteiger partial charge in [0.25, 0.3) is 0 Å². The van der Waals surface area contributed by atoms with Crippen LogP contribution in [0.3, 0.4) is 0 Å². The van der Waals surface area contributed by atoms with Gasteiger partial charge in [-0.25, -0.2) is 0 Å². The summed E-state index contributed by atoms with van der Waals surface area (Å²) in [6, 6.07) is 10.5. The first-order valence-corrected chi connectivity index (χ1v) is 9.25. The second-order valence-electron chi connectivity index (χ2n) is 6.92. The van der Waals surface area contributed by atoms with Crippen molar-refractivity contribution in [1.82, 2.24) is 4.90 Å². The van der Waals surface area contributed by atoms with Gasteiger partial charge in [0, 0.05) is 10.4 Å². The number of thiophene rings is 1. The fraction of sp³-hybridized carbons (Fsp3) is 0.400. The lowest BCUT2D eigenvalue weighted by Gasteiger charge is -2.41. The minimum absolute atomic E-state index is 0.271. The fourth-order valence-corrected chi connectivity index (χ4v) is 5.13. The molecule has 2 nitrogen and oxygen atoms in total. The van der Waals surface area contributed by atoms with E-state index < -0.39 is 5.60 Å². The first kappa shape index (κ1) is 15.1. The molecule has 1 aliphatic heterocycles. The van der Waals surface area contributed by atoms with Crippen LogP contribution < -0.4 is 0 Å². The Morgan fingerprint density at radius 3 is 2.65 bits per heavy atom. The van der Waals surface area contributed by atoms with Crippen LogP contribution in [0.4, 0.5) is 0 Å². The minimum atomic E-state index is -0.874. The van der Waals surface area contributed by atoms with E-state index in [0.717, 1.165) is 42.6 Å². The molecule has 0 amide bonds. The highest BCUT2D eigenvalue weighted by Gasteiger charge is 2.45. The lowest BCUT2D eigenvalue weighted by atomic mass is 9.71. The van der Waals surface area contributed by atoms with Crippen LogP contribution in [-0.4, -0.2) is 30.1 Å². The first-order valence-electron chi connectivity index (χ1n) is 8.37. The summed E-state index contributed by atoms with van der Waals surface area (Å²) in [7, 11) is 2.17. The molecule has 2 heterocycles. The number of benzene rings is 1. The van der Waals surface area contributed by atoms with Gasteiger partial charge in [0.15, 0.2) is 0 Å². The second-order valence-corrected chi connectivity index (χ2v) is 7.84. The van der Waals surface area contributed by atoms with E-state index in [1.165, 1.54) is 10.5 Å². The fourth-order valence-electron chi connectivity index (χ4n) is 4.19. The van der Waals surface area contributed by atoms with Gasteiger partial charge in [-0.05, 0) is 74.0 Å². The van der Waals surface area contributed by atoms with Crippen molar-refractivity contribution in [2.75, 3.05) is 20.1 Å². The van der Waals surface area contributed by atoms with Crippen molar-refractivity contribution in [3.63, 3.8) is 0 Å². The van der Waals surface area contributed by atoms with Crippen molar-refractivity contribution in [1.29, 1.82) is 0 Å². The van der Waals surface area contributed by atoms with Crippen LogP contribution in [0, 0.1) is 5.92 Å². The summed E-state index contributed by atoms with van der Waals surface area (Å²) in [4.78, 5) is 3.60. The van der Waals surface area contributed by atoms with Crippen molar-refractivity contribution in [3.05, 3.63) is 57.3 Å². The Morgan fingerprint density at radius 1 is 1.13 bits per heavy atom. The van der Waals surface area contributed by atoms with Gasteiger partial charge < -0.3 is 10.0 Å². The van der Waals surface area contributed by atoms with Gasteiger partial charge in [0.05, 0.1) is 0 Å². The van der Waals surface area contributed by atoms with Gasteiger partial charge in [-0.3, -0.25) is 0 Å². The maximum Gasteiger partial charge on any atom is 0.119 e. The van der Waals surface area contributed by atoms with Crippen molar-refractivity contribution in [2.24, 2.45) is 5.92 Å². The van der Waals surface area contributed by atoms with Crippen LogP contribution in [0.2, 0.25) is 0 Å². The molecule has 1 aromatic carbocycles. The van der Waals surface area contributed by atoms with Crippen molar-refractivity contribution < 1.29 is 5.11 Å². The maximum atomic E-state index is 12.0.